The molecule has 2 unspecified atom stereocenters. The molecule has 2 atom stereocenters. The SMILES string of the molecule is CCC(Oc1ccccc1C(C)CC)C(=O)Nc1ccc(NC(=O)C(C)C)cc1. The molecule has 0 aliphatic rings. The molecule has 0 saturated carbocycles. The molecule has 0 heterocycles. The Morgan fingerprint density at radius 2 is 1.38 bits per heavy atom. The van der Waals surface area contributed by atoms with Crippen LogP contribution in [0.25, 0.3) is 0 Å². The van der Waals surface area contributed by atoms with Crippen molar-refractivity contribution in [2.75, 3.05) is 10.6 Å². The Hall–Kier alpha value is -2.82. The number of para-hydroxylation sites is 1. The molecule has 2 amide bonds. The van der Waals surface area contributed by atoms with E-state index in [0.29, 0.717) is 23.7 Å². The van der Waals surface area contributed by atoms with Crippen molar-refractivity contribution in [2.45, 2.75) is 59.5 Å². The van der Waals surface area contributed by atoms with E-state index in [0.717, 1.165) is 17.7 Å². The monoisotopic (exact) mass is 396 g/mol. The molecule has 29 heavy (non-hydrogen) atoms. The summed E-state index contributed by atoms with van der Waals surface area (Å²) in [7, 11) is 0. The Morgan fingerprint density at radius 3 is 1.90 bits per heavy atom. The van der Waals surface area contributed by atoms with Crippen molar-refractivity contribution in [1.82, 2.24) is 0 Å². The molecule has 156 valence electrons. The average Bonchev–Trinajstić information content (AvgIpc) is 2.72. The van der Waals surface area contributed by atoms with Gasteiger partial charge in [-0.15, -0.1) is 0 Å². The van der Waals surface area contributed by atoms with Gasteiger partial charge in [0, 0.05) is 17.3 Å². The van der Waals surface area contributed by atoms with Crippen LogP contribution in [0.5, 0.6) is 5.75 Å². The highest BCUT2D eigenvalue weighted by Crippen LogP contribution is 2.29. The molecule has 5 heteroatoms. The van der Waals surface area contributed by atoms with Crippen LogP contribution in [0.4, 0.5) is 11.4 Å². The summed E-state index contributed by atoms with van der Waals surface area (Å²) in [4.78, 5) is 24.5. The van der Waals surface area contributed by atoms with Crippen LogP contribution in [0, 0.1) is 5.92 Å². The maximum atomic E-state index is 12.7. The van der Waals surface area contributed by atoms with Gasteiger partial charge in [0.25, 0.3) is 5.91 Å². The van der Waals surface area contributed by atoms with Crippen molar-refractivity contribution in [3.63, 3.8) is 0 Å². The summed E-state index contributed by atoms with van der Waals surface area (Å²) in [6, 6.07) is 15.0. The first-order valence-electron chi connectivity index (χ1n) is 10.3. The number of ether oxygens (including phenoxy) is 1. The normalized spacial score (nSPS) is 12.9. The summed E-state index contributed by atoms with van der Waals surface area (Å²) in [6.07, 6.45) is 0.979. The molecule has 0 aliphatic carbocycles. The molecule has 2 N–H and O–H groups in total. The van der Waals surface area contributed by atoms with Gasteiger partial charge in [0.1, 0.15) is 5.75 Å². The molecule has 5 nitrogen and oxygen atoms in total. The van der Waals surface area contributed by atoms with Gasteiger partial charge in [-0.05, 0) is 54.7 Å². The standard InChI is InChI=1S/C24H32N2O3/c1-6-17(5)20-10-8-9-11-22(20)29-21(7-2)24(28)26-19-14-12-18(13-15-19)25-23(27)16(3)4/h8-17,21H,6-7H2,1-5H3,(H,25,27)(H,26,28). The summed E-state index contributed by atoms with van der Waals surface area (Å²) >= 11 is 0. The first kappa shape index (κ1) is 22.5. The Morgan fingerprint density at radius 1 is 0.828 bits per heavy atom. The fourth-order valence-electron chi connectivity index (χ4n) is 2.84. The number of amides is 2. The van der Waals surface area contributed by atoms with Gasteiger partial charge in [0.05, 0.1) is 0 Å². The second-order valence-corrected chi connectivity index (χ2v) is 7.57. The van der Waals surface area contributed by atoms with Gasteiger partial charge in [0.15, 0.2) is 6.10 Å². The molecule has 2 aromatic carbocycles. The number of benzene rings is 2. The van der Waals surface area contributed by atoms with E-state index in [9.17, 15) is 9.59 Å². The number of hydrogen-bond donors (Lipinski definition) is 2. The van der Waals surface area contributed by atoms with Gasteiger partial charge in [-0.1, -0.05) is 52.8 Å². The molecule has 0 saturated heterocycles. The van der Waals surface area contributed by atoms with Crippen LogP contribution in [0.1, 0.15) is 58.9 Å². The minimum Gasteiger partial charge on any atom is -0.480 e. The molecule has 0 radical (unpaired) electrons. The van der Waals surface area contributed by atoms with Crippen LogP contribution in [0.2, 0.25) is 0 Å². The second kappa shape index (κ2) is 10.6. The highest BCUT2D eigenvalue weighted by molar-refractivity contribution is 5.95. The molecular formula is C24H32N2O3. The van der Waals surface area contributed by atoms with Crippen LogP contribution < -0.4 is 15.4 Å². The lowest BCUT2D eigenvalue weighted by molar-refractivity contribution is -0.123. The number of carbonyl (C=O) groups is 2. The van der Waals surface area contributed by atoms with Crippen molar-refractivity contribution in [3.05, 3.63) is 54.1 Å². The van der Waals surface area contributed by atoms with Crippen molar-refractivity contribution < 1.29 is 14.3 Å². The lowest BCUT2D eigenvalue weighted by Crippen LogP contribution is -2.32. The summed E-state index contributed by atoms with van der Waals surface area (Å²) < 4.78 is 6.09. The van der Waals surface area contributed by atoms with Crippen LogP contribution >= 0.6 is 0 Å². The highest BCUT2D eigenvalue weighted by atomic mass is 16.5. The van der Waals surface area contributed by atoms with E-state index >= 15 is 0 Å². The van der Waals surface area contributed by atoms with Gasteiger partial charge in [0.2, 0.25) is 5.91 Å². The average molecular weight is 397 g/mol. The second-order valence-electron chi connectivity index (χ2n) is 7.57. The predicted molar refractivity (Wildman–Crippen MR) is 118 cm³/mol. The molecule has 0 aliphatic heterocycles. The Kier molecular flexibility index (Phi) is 8.25. The van der Waals surface area contributed by atoms with E-state index in [1.54, 1.807) is 24.3 Å². The molecule has 0 aromatic heterocycles. The van der Waals surface area contributed by atoms with Crippen LogP contribution in [0.3, 0.4) is 0 Å². The zero-order chi connectivity index (χ0) is 21.4. The largest absolute Gasteiger partial charge is 0.480 e. The van der Waals surface area contributed by atoms with Gasteiger partial charge in [-0.25, -0.2) is 0 Å². The van der Waals surface area contributed by atoms with Gasteiger partial charge >= 0.3 is 0 Å². The van der Waals surface area contributed by atoms with E-state index in [4.69, 9.17) is 4.74 Å². The van der Waals surface area contributed by atoms with E-state index in [2.05, 4.69) is 30.5 Å². The van der Waals surface area contributed by atoms with Crippen molar-refractivity contribution in [1.29, 1.82) is 0 Å². The third-order valence-electron chi connectivity index (χ3n) is 4.94. The molecular weight excluding hydrogens is 364 g/mol. The van der Waals surface area contributed by atoms with E-state index in [-0.39, 0.29) is 17.7 Å². The molecule has 0 bridgehead atoms. The summed E-state index contributed by atoms with van der Waals surface area (Å²) in [5.74, 6) is 0.803. The minimum atomic E-state index is -0.583. The third kappa shape index (κ3) is 6.34. The molecule has 0 fully saturated rings. The zero-order valence-electron chi connectivity index (χ0n) is 18.0. The van der Waals surface area contributed by atoms with Crippen LogP contribution in [-0.4, -0.2) is 17.9 Å². The lowest BCUT2D eigenvalue weighted by atomic mass is 9.98. The van der Waals surface area contributed by atoms with Crippen molar-refractivity contribution in [2.24, 2.45) is 5.92 Å². The molecule has 2 aromatic rings. The van der Waals surface area contributed by atoms with E-state index in [1.165, 1.54) is 0 Å². The predicted octanol–water partition coefficient (Wildman–Crippen LogP) is 5.59. The summed E-state index contributed by atoms with van der Waals surface area (Å²) in [5.41, 5.74) is 2.48. The number of hydrogen-bond acceptors (Lipinski definition) is 3. The fourth-order valence-corrected chi connectivity index (χ4v) is 2.84. The third-order valence-corrected chi connectivity index (χ3v) is 4.94. The first-order valence-corrected chi connectivity index (χ1v) is 10.3. The minimum absolute atomic E-state index is 0.0406. The fraction of sp³-hybridized carbons (Fsp3) is 0.417. The van der Waals surface area contributed by atoms with E-state index < -0.39 is 6.10 Å². The van der Waals surface area contributed by atoms with E-state index in [1.807, 2.05) is 39.0 Å². The Bertz CT molecular complexity index is 815. The first-order chi connectivity index (χ1) is 13.8. The number of nitrogens with one attached hydrogen (secondary N) is 2. The van der Waals surface area contributed by atoms with Crippen molar-refractivity contribution >= 4 is 23.2 Å². The lowest BCUT2D eigenvalue weighted by Gasteiger charge is -2.21. The summed E-state index contributed by atoms with van der Waals surface area (Å²) in [5, 5.41) is 5.74. The quantitative estimate of drug-likeness (QED) is 0.580. The van der Waals surface area contributed by atoms with Crippen LogP contribution in [0.15, 0.2) is 48.5 Å². The Balaban J connectivity index is 2.04. The van der Waals surface area contributed by atoms with Gasteiger partial charge < -0.3 is 15.4 Å². The Labute approximate surface area is 173 Å². The zero-order valence-corrected chi connectivity index (χ0v) is 18.0. The molecule has 2 rings (SSSR count). The maximum absolute atomic E-state index is 12.7. The summed E-state index contributed by atoms with van der Waals surface area (Å²) in [6.45, 7) is 9.91. The molecule has 0 spiro atoms. The van der Waals surface area contributed by atoms with Gasteiger partial charge in [-0.2, -0.15) is 0 Å². The van der Waals surface area contributed by atoms with Gasteiger partial charge in [-0.3, -0.25) is 9.59 Å². The number of anilines is 2. The smallest absolute Gasteiger partial charge is 0.265 e. The van der Waals surface area contributed by atoms with Crippen LogP contribution in [-0.2, 0) is 9.59 Å². The highest BCUT2D eigenvalue weighted by Gasteiger charge is 2.21. The maximum Gasteiger partial charge on any atom is 0.265 e. The topological polar surface area (TPSA) is 67.4 Å². The number of rotatable bonds is 9. The number of carbonyl (C=O) groups excluding carboxylic acids is 2. The van der Waals surface area contributed by atoms with Crippen molar-refractivity contribution in [3.8, 4) is 5.75 Å².